The standard InChI is InChI=1S/C22H21N/c1-3-16-9-11-21-19(14-16)20-15-18(10-12-22(20)23(21)2)13-17-7-5-4-6-8-17/h4-12,14-15H,3,13H2,1-2H3. The predicted octanol–water partition coefficient (Wildman–Crippen LogP) is 5.48. The van der Waals surface area contributed by atoms with Crippen LogP contribution in [0.5, 0.6) is 0 Å². The fourth-order valence-electron chi connectivity index (χ4n) is 3.47. The molecule has 1 aromatic heterocycles. The Morgan fingerprint density at radius 3 is 1.96 bits per heavy atom. The minimum Gasteiger partial charge on any atom is -0.344 e. The van der Waals surface area contributed by atoms with E-state index in [0.29, 0.717) is 0 Å². The topological polar surface area (TPSA) is 4.93 Å². The number of hydrogen-bond acceptors (Lipinski definition) is 0. The Bertz CT molecular complexity index is 977. The van der Waals surface area contributed by atoms with Crippen LogP contribution in [0.15, 0.2) is 66.7 Å². The van der Waals surface area contributed by atoms with E-state index >= 15 is 0 Å². The Morgan fingerprint density at radius 1 is 0.696 bits per heavy atom. The lowest BCUT2D eigenvalue weighted by molar-refractivity contribution is 1.01. The number of aryl methyl sites for hydroxylation is 2. The maximum Gasteiger partial charge on any atom is 0.0488 e. The molecule has 0 N–H and O–H groups in total. The molecule has 0 unspecified atom stereocenters. The molecule has 114 valence electrons. The summed E-state index contributed by atoms with van der Waals surface area (Å²) in [4.78, 5) is 0. The van der Waals surface area contributed by atoms with Gasteiger partial charge < -0.3 is 4.57 Å². The van der Waals surface area contributed by atoms with Gasteiger partial charge in [0.25, 0.3) is 0 Å². The normalized spacial score (nSPS) is 11.4. The zero-order chi connectivity index (χ0) is 15.8. The van der Waals surface area contributed by atoms with Crippen LogP contribution in [0, 0.1) is 0 Å². The molecule has 0 aliphatic heterocycles. The summed E-state index contributed by atoms with van der Waals surface area (Å²) in [6.45, 7) is 2.22. The van der Waals surface area contributed by atoms with Crippen molar-refractivity contribution >= 4 is 21.8 Å². The van der Waals surface area contributed by atoms with Crippen molar-refractivity contribution in [1.29, 1.82) is 0 Å². The zero-order valence-electron chi connectivity index (χ0n) is 13.7. The predicted molar refractivity (Wildman–Crippen MR) is 99.1 cm³/mol. The molecule has 0 bridgehead atoms. The summed E-state index contributed by atoms with van der Waals surface area (Å²) < 4.78 is 2.30. The van der Waals surface area contributed by atoms with Gasteiger partial charge in [-0.25, -0.2) is 0 Å². The molecule has 1 heteroatoms. The molecule has 0 fully saturated rings. The van der Waals surface area contributed by atoms with Crippen LogP contribution < -0.4 is 0 Å². The molecule has 23 heavy (non-hydrogen) atoms. The summed E-state index contributed by atoms with van der Waals surface area (Å²) in [6, 6.07) is 24.4. The van der Waals surface area contributed by atoms with Crippen molar-refractivity contribution in [3.05, 3.63) is 83.4 Å². The second kappa shape index (κ2) is 5.58. The van der Waals surface area contributed by atoms with Crippen LogP contribution in [-0.4, -0.2) is 4.57 Å². The van der Waals surface area contributed by atoms with Gasteiger partial charge in [-0.05, 0) is 53.8 Å². The van der Waals surface area contributed by atoms with Crippen LogP contribution in [-0.2, 0) is 19.9 Å². The lowest BCUT2D eigenvalue weighted by Crippen LogP contribution is -1.89. The average Bonchev–Trinajstić information content (AvgIpc) is 2.88. The van der Waals surface area contributed by atoms with Gasteiger partial charge >= 0.3 is 0 Å². The van der Waals surface area contributed by atoms with Gasteiger partial charge in [-0.3, -0.25) is 0 Å². The van der Waals surface area contributed by atoms with E-state index in [9.17, 15) is 0 Å². The molecule has 0 radical (unpaired) electrons. The first kappa shape index (κ1) is 14.1. The number of rotatable bonds is 3. The van der Waals surface area contributed by atoms with E-state index < -0.39 is 0 Å². The molecule has 0 spiro atoms. The fraction of sp³-hybridized carbons (Fsp3) is 0.182. The summed E-state index contributed by atoms with van der Waals surface area (Å²) in [7, 11) is 2.16. The Kier molecular flexibility index (Phi) is 3.42. The van der Waals surface area contributed by atoms with E-state index in [1.807, 2.05) is 0 Å². The van der Waals surface area contributed by atoms with Crippen LogP contribution >= 0.6 is 0 Å². The molecule has 1 nitrogen and oxygen atoms in total. The highest BCUT2D eigenvalue weighted by Crippen LogP contribution is 2.30. The van der Waals surface area contributed by atoms with Gasteiger partial charge in [0.15, 0.2) is 0 Å². The van der Waals surface area contributed by atoms with E-state index in [0.717, 1.165) is 12.8 Å². The Morgan fingerprint density at radius 2 is 1.30 bits per heavy atom. The Balaban J connectivity index is 1.88. The summed E-state index contributed by atoms with van der Waals surface area (Å²) in [5.74, 6) is 0. The summed E-state index contributed by atoms with van der Waals surface area (Å²) in [5.41, 5.74) is 6.76. The maximum absolute atomic E-state index is 2.37. The summed E-state index contributed by atoms with van der Waals surface area (Å²) in [6.07, 6.45) is 2.07. The molecule has 0 amide bonds. The first-order valence-electron chi connectivity index (χ1n) is 8.30. The molecule has 1 heterocycles. The minimum atomic E-state index is 0.987. The van der Waals surface area contributed by atoms with Gasteiger partial charge in [0.2, 0.25) is 0 Å². The van der Waals surface area contributed by atoms with Crippen LogP contribution in [0.1, 0.15) is 23.6 Å². The third kappa shape index (κ3) is 2.43. The fourth-order valence-corrected chi connectivity index (χ4v) is 3.47. The van der Waals surface area contributed by atoms with Crippen molar-refractivity contribution in [1.82, 2.24) is 4.57 Å². The van der Waals surface area contributed by atoms with E-state index in [2.05, 4.69) is 85.3 Å². The van der Waals surface area contributed by atoms with Crippen molar-refractivity contribution in [2.45, 2.75) is 19.8 Å². The largest absolute Gasteiger partial charge is 0.344 e. The third-order valence-electron chi connectivity index (χ3n) is 4.79. The summed E-state index contributed by atoms with van der Waals surface area (Å²) in [5, 5.41) is 2.74. The first-order valence-corrected chi connectivity index (χ1v) is 8.30. The van der Waals surface area contributed by atoms with E-state index in [1.54, 1.807) is 0 Å². The molecule has 0 aliphatic carbocycles. The van der Waals surface area contributed by atoms with Gasteiger partial charge in [0.1, 0.15) is 0 Å². The van der Waals surface area contributed by atoms with Crippen molar-refractivity contribution in [2.75, 3.05) is 0 Å². The highest BCUT2D eigenvalue weighted by atomic mass is 14.9. The average molecular weight is 299 g/mol. The van der Waals surface area contributed by atoms with Crippen molar-refractivity contribution in [3.8, 4) is 0 Å². The lowest BCUT2D eigenvalue weighted by Gasteiger charge is -2.03. The van der Waals surface area contributed by atoms with Gasteiger partial charge in [0.05, 0.1) is 0 Å². The molecule has 0 aliphatic rings. The highest BCUT2D eigenvalue weighted by Gasteiger charge is 2.09. The monoisotopic (exact) mass is 299 g/mol. The molecule has 4 rings (SSSR count). The highest BCUT2D eigenvalue weighted by molar-refractivity contribution is 6.08. The number of nitrogens with zero attached hydrogens (tertiary/aromatic N) is 1. The van der Waals surface area contributed by atoms with Crippen molar-refractivity contribution in [3.63, 3.8) is 0 Å². The minimum absolute atomic E-state index is 0.987. The van der Waals surface area contributed by atoms with Gasteiger partial charge in [-0.1, -0.05) is 49.4 Å². The molecule has 0 saturated carbocycles. The van der Waals surface area contributed by atoms with E-state index in [-0.39, 0.29) is 0 Å². The van der Waals surface area contributed by atoms with Crippen LogP contribution in [0.25, 0.3) is 21.8 Å². The van der Waals surface area contributed by atoms with E-state index in [4.69, 9.17) is 0 Å². The number of aromatic nitrogens is 1. The van der Waals surface area contributed by atoms with Gasteiger partial charge in [0, 0.05) is 28.9 Å². The quantitative estimate of drug-likeness (QED) is 0.472. The molecule has 0 atom stereocenters. The number of benzene rings is 3. The first-order chi connectivity index (χ1) is 11.3. The van der Waals surface area contributed by atoms with E-state index in [1.165, 1.54) is 38.5 Å². The van der Waals surface area contributed by atoms with Gasteiger partial charge in [-0.15, -0.1) is 0 Å². The molecule has 4 aromatic rings. The number of fused-ring (bicyclic) bond motifs is 3. The van der Waals surface area contributed by atoms with Crippen LogP contribution in [0.2, 0.25) is 0 Å². The van der Waals surface area contributed by atoms with Gasteiger partial charge in [-0.2, -0.15) is 0 Å². The molecule has 0 saturated heterocycles. The van der Waals surface area contributed by atoms with Crippen LogP contribution in [0.4, 0.5) is 0 Å². The molecular weight excluding hydrogens is 278 g/mol. The second-order valence-corrected chi connectivity index (χ2v) is 6.28. The number of hydrogen-bond donors (Lipinski definition) is 0. The SMILES string of the molecule is CCc1ccc2c(c1)c1cc(Cc3ccccc3)ccc1n2C. The van der Waals surface area contributed by atoms with Crippen molar-refractivity contribution < 1.29 is 0 Å². The smallest absolute Gasteiger partial charge is 0.0488 e. The Hall–Kier alpha value is -2.54. The van der Waals surface area contributed by atoms with Crippen LogP contribution in [0.3, 0.4) is 0 Å². The second-order valence-electron chi connectivity index (χ2n) is 6.28. The van der Waals surface area contributed by atoms with Crippen molar-refractivity contribution in [2.24, 2.45) is 7.05 Å². The zero-order valence-corrected chi connectivity index (χ0v) is 13.7. The molecular formula is C22H21N. The summed E-state index contributed by atoms with van der Waals surface area (Å²) >= 11 is 0. The lowest BCUT2D eigenvalue weighted by atomic mass is 10.0. The Labute approximate surface area is 137 Å². The maximum atomic E-state index is 2.37. The third-order valence-corrected chi connectivity index (χ3v) is 4.79. The molecule has 3 aromatic carbocycles.